The number of aromatic nitrogens is 2. The number of hydrogen-bond acceptors (Lipinski definition) is 5. The minimum Gasteiger partial charge on any atom is -0.271 e. The third kappa shape index (κ3) is 1.99. The van der Waals surface area contributed by atoms with Gasteiger partial charge in [0.05, 0.1) is 29.7 Å². The highest BCUT2D eigenvalue weighted by molar-refractivity contribution is 6.99. The van der Waals surface area contributed by atoms with Gasteiger partial charge in [-0.05, 0) is 22.4 Å². The highest BCUT2D eigenvalue weighted by Gasteiger charge is 2.15. The van der Waals surface area contributed by atoms with E-state index in [9.17, 15) is 0 Å². The van der Waals surface area contributed by atoms with Gasteiger partial charge < -0.3 is 0 Å². The van der Waals surface area contributed by atoms with E-state index < -0.39 is 0 Å². The van der Waals surface area contributed by atoms with Crippen molar-refractivity contribution in [1.82, 2.24) is 14.2 Å². The van der Waals surface area contributed by atoms with Crippen LogP contribution in [0.5, 0.6) is 0 Å². The second kappa shape index (κ2) is 4.81. The molecule has 0 aliphatic heterocycles. The van der Waals surface area contributed by atoms with Gasteiger partial charge >= 0.3 is 0 Å². The molecule has 2 aromatic carbocycles. The molecule has 1 heterocycles. The van der Waals surface area contributed by atoms with Crippen LogP contribution in [0.3, 0.4) is 0 Å². The molecule has 0 amide bonds. The lowest BCUT2D eigenvalue weighted by molar-refractivity contribution is 0.626. The van der Waals surface area contributed by atoms with Crippen molar-refractivity contribution in [1.29, 1.82) is 0 Å². The Bertz CT molecular complexity index is 651. The van der Waals surface area contributed by atoms with Crippen LogP contribution in [0.4, 0.5) is 0 Å². The normalized spacial score (nSPS) is 12.7. The van der Waals surface area contributed by atoms with Crippen LogP contribution in [0.25, 0.3) is 10.8 Å². The lowest BCUT2D eigenvalue weighted by atomic mass is 10.0. The number of nitrogens with two attached hydrogens (primary N) is 1. The van der Waals surface area contributed by atoms with E-state index >= 15 is 0 Å². The molecule has 5 heteroatoms. The van der Waals surface area contributed by atoms with Gasteiger partial charge in [-0.25, -0.2) is 5.43 Å². The van der Waals surface area contributed by atoms with E-state index in [0.717, 1.165) is 11.3 Å². The Labute approximate surface area is 109 Å². The van der Waals surface area contributed by atoms with Crippen molar-refractivity contribution >= 4 is 22.5 Å². The van der Waals surface area contributed by atoms with E-state index in [1.165, 1.54) is 22.5 Å². The zero-order chi connectivity index (χ0) is 12.4. The highest BCUT2D eigenvalue weighted by Crippen LogP contribution is 2.24. The molecular formula is C13H12N4S. The fourth-order valence-corrected chi connectivity index (χ4v) is 2.49. The standard InChI is InChI=1S/C13H12N4S/c14-16-13(12-8-15-18-17-12)11-6-5-9-3-1-2-4-10(9)7-11/h1-8,13,16H,14H2. The predicted octanol–water partition coefficient (Wildman–Crippen LogP) is 2.24. The SMILES string of the molecule is NNC(c1ccc2ccccc2c1)c1cnsn1. The van der Waals surface area contributed by atoms with Crippen LogP contribution in [-0.4, -0.2) is 8.75 Å². The van der Waals surface area contributed by atoms with Crippen molar-refractivity contribution < 1.29 is 0 Å². The summed E-state index contributed by atoms with van der Waals surface area (Å²) in [6.07, 6.45) is 1.74. The number of nitrogens with zero attached hydrogens (tertiary/aromatic N) is 2. The Hall–Kier alpha value is -1.82. The topological polar surface area (TPSA) is 63.8 Å². The first-order valence-electron chi connectivity index (χ1n) is 5.61. The molecule has 1 aromatic heterocycles. The molecule has 0 spiro atoms. The van der Waals surface area contributed by atoms with Crippen molar-refractivity contribution in [2.45, 2.75) is 6.04 Å². The van der Waals surface area contributed by atoms with Crippen LogP contribution in [0.1, 0.15) is 17.3 Å². The lowest BCUT2D eigenvalue weighted by Crippen LogP contribution is -2.29. The number of fused-ring (bicyclic) bond motifs is 1. The molecule has 0 bridgehead atoms. The van der Waals surface area contributed by atoms with Gasteiger partial charge in [0.25, 0.3) is 0 Å². The van der Waals surface area contributed by atoms with Crippen molar-refractivity contribution in [2.75, 3.05) is 0 Å². The zero-order valence-electron chi connectivity index (χ0n) is 9.58. The third-order valence-corrected chi connectivity index (χ3v) is 3.44. The summed E-state index contributed by atoms with van der Waals surface area (Å²) in [5, 5.41) is 2.41. The molecule has 0 fully saturated rings. The Morgan fingerprint density at radius 3 is 2.67 bits per heavy atom. The van der Waals surface area contributed by atoms with E-state index in [4.69, 9.17) is 5.84 Å². The van der Waals surface area contributed by atoms with E-state index in [-0.39, 0.29) is 6.04 Å². The summed E-state index contributed by atoms with van der Waals surface area (Å²) < 4.78 is 8.25. The quantitative estimate of drug-likeness (QED) is 0.557. The molecule has 3 rings (SSSR count). The van der Waals surface area contributed by atoms with Crippen molar-refractivity contribution in [3.8, 4) is 0 Å². The van der Waals surface area contributed by atoms with Crippen LogP contribution in [0, 0.1) is 0 Å². The summed E-state index contributed by atoms with van der Waals surface area (Å²) in [5.41, 5.74) is 4.72. The first kappa shape index (κ1) is 11.3. The van der Waals surface area contributed by atoms with Gasteiger partial charge in [0.1, 0.15) is 0 Å². The summed E-state index contributed by atoms with van der Waals surface area (Å²) in [6, 6.07) is 14.4. The molecule has 3 N–H and O–H groups in total. The molecule has 1 atom stereocenters. The first-order valence-corrected chi connectivity index (χ1v) is 6.34. The van der Waals surface area contributed by atoms with Gasteiger partial charge in [0, 0.05) is 0 Å². The van der Waals surface area contributed by atoms with E-state index in [0.29, 0.717) is 0 Å². The summed E-state index contributed by atoms with van der Waals surface area (Å²) >= 11 is 1.19. The van der Waals surface area contributed by atoms with Crippen LogP contribution in [0.15, 0.2) is 48.7 Å². The van der Waals surface area contributed by atoms with Crippen molar-refractivity contribution in [3.05, 3.63) is 59.9 Å². The van der Waals surface area contributed by atoms with Crippen molar-refractivity contribution in [3.63, 3.8) is 0 Å². The Morgan fingerprint density at radius 1 is 1.11 bits per heavy atom. The van der Waals surface area contributed by atoms with Gasteiger partial charge in [-0.3, -0.25) is 5.84 Å². The minimum atomic E-state index is -0.117. The average Bonchev–Trinajstić information content (AvgIpc) is 2.93. The van der Waals surface area contributed by atoms with Crippen LogP contribution in [0.2, 0.25) is 0 Å². The van der Waals surface area contributed by atoms with Gasteiger partial charge in [-0.2, -0.15) is 8.75 Å². The Morgan fingerprint density at radius 2 is 1.94 bits per heavy atom. The van der Waals surface area contributed by atoms with Gasteiger partial charge in [-0.15, -0.1) is 0 Å². The lowest BCUT2D eigenvalue weighted by Gasteiger charge is -2.14. The molecule has 18 heavy (non-hydrogen) atoms. The monoisotopic (exact) mass is 256 g/mol. The van der Waals surface area contributed by atoms with Gasteiger partial charge in [0.15, 0.2) is 0 Å². The molecule has 0 saturated carbocycles. The smallest absolute Gasteiger partial charge is 0.0970 e. The maximum Gasteiger partial charge on any atom is 0.0970 e. The minimum absolute atomic E-state index is 0.117. The van der Waals surface area contributed by atoms with E-state index in [1.54, 1.807) is 6.20 Å². The molecular weight excluding hydrogens is 244 g/mol. The highest BCUT2D eigenvalue weighted by atomic mass is 32.1. The molecule has 3 aromatic rings. The first-order chi connectivity index (χ1) is 8.88. The molecule has 0 aliphatic carbocycles. The number of nitrogens with one attached hydrogen (secondary N) is 1. The second-order valence-corrected chi connectivity index (χ2v) is 4.60. The maximum atomic E-state index is 5.63. The summed E-state index contributed by atoms with van der Waals surface area (Å²) in [6.45, 7) is 0. The largest absolute Gasteiger partial charge is 0.271 e. The number of hydrogen-bond donors (Lipinski definition) is 2. The number of hydrazine groups is 1. The molecule has 0 radical (unpaired) electrons. The van der Waals surface area contributed by atoms with E-state index in [2.05, 4.69) is 44.5 Å². The molecule has 0 saturated heterocycles. The van der Waals surface area contributed by atoms with Gasteiger partial charge in [-0.1, -0.05) is 36.4 Å². The Balaban J connectivity index is 2.07. The van der Waals surface area contributed by atoms with Gasteiger partial charge in [0.2, 0.25) is 0 Å². The second-order valence-electron chi connectivity index (χ2n) is 4.04. The van der Waals surface area contributed by atoms with Crippen LogP contribution < -0.4 is 11.3 Å². The number of rotatable bonds is 3. The van der Waals surface area contributed by atoms with Crippen LogP contribution >= 0.6 is 11.7 Å². The maximum absolute atomic E-state index is 5.63. The van der Waals surface area contributed by atoms with Crippen molar-refractivity contribution in [2.24, 2.45) is 5.84 Å². The summed E-state index contributed by atoms with van der Waals surface area (Å²) in [4.78, 5) is 0. The molecule has 0 aliphatic rings. The zero-order valence-corrected chi connectivity index (χ0v) is 10.4. The average molecular weight is 256 g/mol. The van der Waals surface area contributed by atoms with Crippen LogP contribution in [-0.2, 0) is 0 Å². The fraction of sp³-hybridized carbons (Fsp3) is 0.0769. The molecule has 1 unspecified atom stereocenters. The number of benzene rings is 2. The summed E-state index contributed by atoms with van der Waals surface area (Å²) in [5.74, 6) is 5.63. The van der Waals surface area contributed by atoms with E-state index in [1.807, 2.05) is 12.1 Å². The third-order valence-electron chi connectivity index (χ3n) is 2.95. The molecule has 90 valence electrons. The summed E-state index contributed by atoms with van der Waals surface area (Å²) in [7, 11) is 0. The Kier molecular flexibility index (Phi) is 3.02. The fourth-order valence-electron chi connectivity index (χ4n) is 2.04. The molecule has 4 nitrogen and oxygen atoms in total. The predicted molar refractivity (Wildman–Crippen MR) is 73.0 cm³/mol.